The van der Waals surface area contributed by atoms with Crippen molar-refractivity contribution in [2.45, 2.75) is 66.0 Å². The van der Waals surface area contributed by atoms with Crippen LogP contribution in [0.3, 0.4) is 0 Å². The standard InChI is InChI=1S/C25H35N3O2/c1-7-17(4)20-8-10-21(11-9-20)24(16(2)3)26-18(5)25(30)28-23-14-12-22(13-15-23)27-19(6)29/h8-18,24,26H,7H2,1-6H3,(H,27,29)(H,28,30)/p+1/t17-,18+,24+/m1/s1. The van der Waals surface area contributed by atoms with Crippen molar-refractivity contribution in [2.24, 2.45) is 5.92 Å². The molecule has 2 aromatic rings. The summed E-state index contributed by atoms with van der Waals surface area (Å²) in [6, 6.07) is 16.0. The van der Waals surface area contributed by atoms with Gasteiger partial charge >= 0.3 is 0 Å². The molecule has 2 aromatic carbocycles. The van der Waals surface area contributed by atoms with Crippen LogP contribution in [-0.4, -0.2) is 17.9 Å². The van der Waals surface area contributed by atoms with Crippen LogP contribution in [-0.2, 0) is 9.59 Å². The number of hydrogen-bond donors (Lipinski definition) is 3. The summed E-state index contributed by atoms with van der Waals surface area (Å²) >= 11 is 0. The molecule has 162 valence electrons. The van der Waals surface area contributed by atoms with Crippen molar-refractivity contribution in [3.05, 3.63) is 59.7 Å². The minimum Gasteiger partial charge on any atom is -0.330 e. The van der Waals surface area contributed by atoms with Gasteiger partial charge in [0.2, 0.25) is 5.91 Å². The van der Waals surface area contributed by atoms with Crippen LogP contribution in [0.25, 0.3) is 0 Å². The van der Waals surface area contributed by atoms with Crippen molar-refractivity contribution in [1.29, 1.82) is 0 Å². The largest absolute Gasteiger partial charge is 0.330 e. The van der Waals surface area contributed by atoms with E-state index in [1.165, 1.54) is 18.1 Å². The molecule has 0 aromatic heterocycles. The molecule has 0 spiro atoms. The topological polar surface area (TPSA) is 74.8 Å². The van der Waals surface area contributed by atoms with Crippen LogP contribution in [0.2, 0.25) is 0 Å². The maximum Gasteiger partial charge on any atom is 0.282 e. The number of nitrogens with one attached hydrogen (secondary N) is 2. The van der Waals surface area contributed by atoms with Crippen molar-refractivity contribution in [3.63, 3.8) is 0 Å². The summed E-state index contributed by atoms with van der Waals surface area (Å²) in [6.07, 6.45) is 1.13. The van der Waals surface area contributed by atoms with Gasteiger partial charge in [0.15, 0.2) is 6.04 Å². The third kappa shape index (κ3) is 6.70. The smallest absolute Gasteiger partial charge is 0.282 e. The molecule has 3 atom stereocenters. The lowest BCUT2D eigenvalue weighted by Gasteiger charge is -2.23. The molecule has 0 saturated heterocycles. The Kier molecular flexibility index (Phi) is 8.60. The van der Waals surface area contributed by atoms with Crippen LogP contribution in [0.15, 0.2) is 48.5 Å². The van der Waals surface area contributed by atoms with E-state index in [1.54, 1.807) is 24.3 Å². The number of carbonyl (C=O) groups is 2. The first kappa shape index (κ1) is 23.6. The molecule has 0 aliphatic heterocycles. The maximum atomic E-state index is 12.7. The lowest BCUT2D eigenvalue weighted by Crippen LogP contribution is -2.93. The zero-order chi connectivity index (χ0) is 22.3. The molecule has 30 heavy (non-hydrogen) atoms. The van der Waals surface area contributed by atoms with E-state index in [1.807, 2.05) is 6.92 Å². The molecule has 0 heterocycles. The van der Waals surface area contributed by atoms with Gasteiger partial charge in [-0.15, -0.1) is 0 Å². The molecule has 5 nitrogen and oxygen atoms in total. The second-order valence-electron chi connectivity index (χ2n) is 8.47. The predicted octanol–water partition coefficient (Wildman–Crippen LogP) is 4.45. The van der Waals surface area contributed by atoms with E-state index in [4.69, 9.17) is 0 Å². The Bertz CT molecular complexity index is 828. The van der Waals surface area contributed by atoms with Crippen LogP contribution < -0.4 is 16.0 Å². The highest BCUT2D eigenvalue weighted by molar-refractivity contribution is 5.94. The summed E-state index contributed by atoms with van der Waals surface area (Å²) in [4.78, 5) is 23.9. The summed E-state index contributed by atoms with van der Waals surface area (Å²) in [5.41, 5.74) is 4.03. The third-order valence-corrected chi connectivity index (χ3v) is 5.60. The van der Waals surface area contributed by atoms with Gasteiger partial charge < -0.3 is 16.0 Å². The average molecular weight is 411 g/mol. The minimum absolute atomic E-state index is 0.0378. The molecule has 4 N–H and O–H groups in total. The molecular weight excluding hydrogens is 374 g/mol. The number of nitrogens with two attached hydrogens (primary N) is 1. The van der Waals surface area contributed by atoms with Crippen LogP contribution in [0.4, 0.5) is 11.4 Å². The Morgan fingerprint density at radius 2 is 1.33 bits per heavy atom. The SMILES string of the molecule is CC[C@@H](C)c1ccc([C@@H]([NH2+][C@@H](C)C(=O)Nc2ccc(NC(C)=O)cc2)C(C)C)cc1. The number of amides is 2. The first-order valence-corrected chi connectivity index (χ1v) is 10.8. The summed E-state index contributed by atoms with van der Waals surface area (Å²) in [7, 11) is 0. The maximum absolute atomic E-state index is 12.7. The molecule has 2 amide bonds. The third-order valence-electron chi connectivity index (χ3n) is 5.60. The zero-order valence-corrected chi connectivity index (χ0v) is 19.0. The Hall–Kier alpha value is -2.66. The van der Waals surface area contributed by atoms with Gasteiger partial charge in [-0.3, -0.25) is 9.59 Å². The number of carbonyl (C=O) groups excluding carboxylic acids is 2. The summed E-state index contributed by atoms with van der Waals surface area (Å²) in [5, 5.41) is 7.83. The predicted molar refractivity (Wildman–Crippen MR) is 123 cm³/mol. The van der Waals surface area contributed by atoms with E-state index in [0.717, 1.165) is 6.42 Å². The van der Waals surface area contributed by atoms with Crippen LogP contribution in [0.5, 0.6) is 0 Å². The lowest BCUT2D eigenvalue weighted by molar-refractivity contribution is -0.718. The van der Waals surface area contributed by atoms with Gasteiger partial charge in [0.05, 0.1) is 0 Å². The Morgan fingerprint density at radius 3 is 1.80 bits per heavy atom. The summed E-state index contributed by atoms with van der Waals surface area (Å²) in [5.74, 6) is 0.796. The quantitative estimate of drug-likeness (QED) is 0.571. The van der Waals surface area contributed by atoms with E-state index in [9.17, 15) is 9.59 Å². The normalized spacial score (nSPS) is 14.1. The van der Waals surface area contributed by atoms with Crippen molar-refractivity contribution >= 4 is 23.2 Å². The molecule has 0 bridgehead atoms. The molecule has 0 fully saturated rings. The monoisotopic (exact) mass is 410 g/mol. The van der Waals surface area contributed by atoms with Gasteiger partial charge in [-0.25, -0.2) is 0 Å². The van der Waals surface area contributed by atoms with Gasteiger partial charge in [-0.1, -0.05) is 52.0 Å². The minimum atomic E-state index is -0.235. The van der Waals surface area contributed by atoms with E-state index in [-0.39, 0.29) is 23.9 Å². The number of anilines is 2. The van der Waals surface area contributed by atoms with Crippen LogP contribution in [0.1, 0.15) is 71.0 Å². The highest BCUT2D eigenvalue weighted by atomic mass is 16.2. The molecule has 0 aliphatic rings. The van der Waals surface area contributed by atoms with Crippen molar-refractivity contribution in [1.82, 2.24) is 0 Å². The van der Waals surface area contributed by atoms with Gasteiger partial charge in [-0.05, 0) is 49.1 Å². The van der Waals surface area contributed by atoms with Gasteiger partial charge in [0, 0.05) is 29.8 Å². The van der Waals surface area contributed by atoms with E-state index in [2.05, 4.69) is 67.9 Å². The Balaban J connectivity index is 2.02. The fourth-order valence-corrected chi connectivity index (χ4v) is 3.50. The number of rotatable bonds is 9. The average Bonchev–Trinajstić information content (AvgIpc) is 2.72. The Morgan fingerprint density at radius 1 is 0.833 bits per heavy atom. The van der Waals surface area contributed by atoms with E-state index < -0.39 is 0 Å². The molecule has 2 rings (SSSR count). The van der Waals surface area contributed by atoms with E-state index >= 15 is 0 Å². The molecule has 0 aliphatic carbocycles. The fraction of sp³-hybridized carbons (Fsp3) is 0.440. The van der Waals surface area contributed by atoms with Crippen molar-refractivity contribution in [3.8, 4) is 0 Å². The van der Waals surface area contributed by atoms with Gasteiger partial charge in [0.1, 0.15) is 6.04 Å². The van der Waals surface area contributed by atoms with Crippen LogP contribution in [0, 0.1) is 5.92 Å². The van der Waals surface area contributed by atoms with Crippen LogP contribution >= 0.6 is 0 Å². The molecule has 0 unspecified atom stereocenters. The molecule has 5 heteroatoms. The van der Waals surface area contributed by atoms with Crippen molar-refractivity contribution < 1.29 is 14.9 Å². The molecular formula is C25H36N3O2+. The van der Waals surface area contributed by atoms with Crippen molar-refractivity contribution in [2.75, 3.05) is 10.6 Å². The number of benzene rings is 2. The lowest BCUT2D eigenvalue weighted by atomic mass is 9.91. The fourth-order valence-electron chi connectivity index (χ4n) is 3.50. The Labute approximate surface area is 180 Å². The first-order chi connectivity index (χ1) is 14.2. The molecule has 0 saturated carbocycles. The van der Waals surface area contributed by atoms with Gasteiger partial charge in [-0.2, -0.15) is 0 Å². The first-order valence-electron chi connectivity index (χ1n) is 10.8. The van der Waals surface area contributed by atoms with E-state index in [0.29, 0.717) is 23.2 Å². The molecule has 0 radical (unpaired) electrons. The second-order valence-corrected chi connectivity index (χ2v) is 8.47. The zero-order valence-electron chi connectivity index (χ0n) is 19.0. The highest BCUT2D eigenvalue weighted by Gasteiger charge is 2.26. The summed E-state index contributed by atoms with van der Waals surface area (Å²) < 4.78 is 0. The number of hydrogen-bond acceptors (Lipinski definition) is 2. The number of quaternary nitrogens is 1. The van der Waals surface area contributed by atoms with Gasteiger partial charge in [0.25, 0.3) is 5.91 Å². The second kappa shape index (κ2) is 10.9. The summed E-state index contributed by atoms with van der Waals surface area (Å²) in [6.45, 7) is 12.2. The highest BCUT2D eigenvalue weighted by Crippen LogP contribution is 2.23.